The number of amides is 3. The second-order valence-electron chi connectivity index (χ2n) is 7.08. The largest absolute Gasteiger partial charge is 0.378 e. The van der Waals surface area contributed by atoms with E-state index in [-0.39, 0.29) is 11.9 Å². The van der Waals surface area contributed by atoms with Gasteiger partial charge in [0.2, 0.25) is 5.91 Å². The molecule has 0 bridgehead atoms. The first-order valence-corrected chi connectivity index (χ1v) is 9.21. The minimum Gasteiger partial charge on any atom is -0.378 e. The average molecular weight is 362 g/mol. The summed E-state index contributed by atoms with van der Waals surface area (Å²) in [4.78, 5) is 27.2. The molecule has 3 amide bonds. The van der Waals surface area contributed by atoms with Crippen LogP contribution in [0, 0.1) is 5.92 Å². The molecule has 144 valence electrons. The van der Waals surface area contributed by atoms with Crippen LogP contribution >= 0.6 is 0 Å². The number of carbonyl (C=O) groups is 2. The first-order valence-electron chi connectivity index (χ1n) is 9.21. The standard InChI is InChI=1S/C19H30N4O3/c1-22(2)17-8-6-16(7-9-17)14-20-19(25)23-12-10-15(11-13-23)4-3-5-18(24)21-26/h6-9,15,26H,3-5,10-14H2,1-2H3,(H,20,25)(H,21,24). The van der Waals surface area contributed by atoms with Crippen molar-refractivity contribution >= 4 is 17.6 Å². The maximum absolute atomic E-state index is 12.3. The number of carbonyl (C=O) groups excluding carboxylic acids is 2. The third-order valence-electron chi connectivity index (χ3n) is 4.94. The van der Waals surface area contributed by atoms with E-state index >= 15 is 0 Å². The summed E-state index contributed by atoms with van der Waals surface area (Å²) in [5.41, 5.74) is 3.88. The number of hydrogen-bond acceptors (Lipinski definition) is 4. The molecule has 1 heterocycles. The van der Waals surface area contributed by atoms with Crippen molar-refractivity contribution in [3.8, 4) is 0 Å². The molecule has 0 unspecified atom stereocenters. The maximum Gasteiger partial charge on any atom is 0.317 e. The molecule has 1 fully saturated rings. The number of nitrogens with one attached hydrogen (secondary N) is 2. The van der Waals surface area contributed by atoms with Crippen LogP contribution in [0.4, 0.5) is 10.5 Å². The van der Waals surface area contributed by atoms with Gasteiger partial charge in [-0.25, -0.2) is 10.3 Å². The summed E-state index contributed by atoms with van der Waals surface area (Å²) in [7, 11) is 4.00. The van der Waals surface area contributed by atoms with Crippen molar-refractivity contribution in [2.75, 3.05) is 32.1 Å². The fourth-order valence-electron chi connectivity index (χ4n) is 3.23. The first-order chi connectivity index (χ1) is 12.5. The van der Waals surface area contributed by atoms with Crippen LogP contribution in [-0.2, 0) is 11.3 Å². The number of rotatable bonds is 7. The molecule has 7 heteroatoms. The van der Waals surface area contributed by atoms with Crippen molar-refractivity contribution < 1.29 is 14.8 Å². The van der Waals surface area contributed by atoms with Crippen molar-refractivity contribution in [1.29, 1.82) is 0 Å². The molecule has 0 aromatic heterocycles. The number of nitrogens with zero attached hydrogens (tertiary/aromatic N) is 2. The highest BCUT2D eigenvalue weighted by molar-refractivity contribution is 5.74. The van der Waals surface area contributed by atoms with Gasteiger partial charge in [0.15, 0.2) is 0 Å². The van der Waals surface area contributed by atoms with Crippen molar-refractivity contribution in [3.63, 3.8) is 0 Å². The van der Waals surface area contributed by atoms with Gasteiger partial charge in [0.05, 0.1) is 0 Å². The Morgan fingerprint density at radius 2 is 1.85 bits per heavy atom. The predicted molar refractivity (Wildman–Crippen MR) is 101 cm³/mol. The highest BCUT2D eigenvalue weighted by Gasteiger charge is 2.22. The summed E-state index contributed by atoms with van der Waals surface area (Å²) in [5, 5.41) is 11.5. The summed E-state index contributed by atoms with van der Waals surface area (Å²) in [6.07, 6.45) is 4.01. The number of likely N-dealkylation sites (tertiary alicyclic amines) is 1. The van der Waals surface area contributed by atoms with Gasteiger partial charge in [-0.2, -0.15) is 0 Å². The van der Waals surface area contributed by atoms with E-state index in [1.54, 1.807) is 5.48 Å². The van der Waals surface area contributed by atoms with E-state index in [2.05, 4.69) is 5.32 Å². The Bertz CT molecular complexity index is 581. The zero-order valence-corrected chi connectivity index (χ0v) is 15.7. The number of hydrogen-bond donors (Lipinski definition) is 3. The Kier molecular flexibility index (Phi) is 7.72. The second kappa shape index (κ2) is 10.0. The zero-order chi connectivity index (χ0) is 18.9. The minimum atomic E-state index is -0.333. The molecule has 0 atom stereocenters. The molecule has 26 heavy (non-hydrogen) atoms. The van der Waals surface area contributed by atoms with Crippen LogP contribution in [0.1, 0.15) is 37.7 Å². The molecule has 3 N–H and O–H groups in total. The van der Waals surface area contributed by atoms with Gasteiger partial charge in [-0.3, -0.25) is 10.0 Å². The van der Waals surface area contributed by atoms with Crippen LogP contribution in [0.15, 0.2) is 24.3 Å². The van der Waals surface area contributed by atoms with E-state index in [1.165, 1.54) is 0 Å². The third-order valence-corrected chi connectivity index (χ3v) is 4.94. The topological polar surface area (TPSA) is 84.9 Å². The maximum atomic E-state index is 12.3. The normalized spacial score (nSPS) is 14.8. The Balaban J connectivity index is 1.67. The second-order valence-corrected chi connectivity index (χ2v) is 7.08. The van der Waals surface area contributed by atoms with Gasteiger partial charge in [0.25, 0.3) is 0 Å². The van der Waals surface area contributed by atoms with Crippen LogP contribution in [0.25, 0.3) is 0 Å². The molecule has 1 aliphatic rings. The lowest BCUT2D eigenvalue weighted by Gasteiger charge is -2.32. The summed E-state index contributed by atoms with van der Waals surface area (Å²) in [6.45, 7) is 2.03. The SMILES string of the molecule is CN(C)c1ccc(CNC(=O)N2CCC(CCCC(=O)NO)CC2)cc1. The monoisotopic (exact) mass is 362 g/mol. The third kappa shape index (κ3) is 6.22. The van der Waals surface area contributed by atoms with E-state index in [1.807, 2.05) is 48.2 Å². The lowest BCUT2D eigenvalue weighted by Crippen LogP contribution is -2.44. The molecule has 7 nitrogen and oxygen atoms in total. The lowest BCUT2D eigenvalue weighted by molar-refractivity contribution is -0.129. The fraction of sp³-hybridized carbons (Fsp3) is 0.579. The zero-order valence-electron chi connectivity index (χ0n) is 15.7. The van der Waals surface area contributed by atoms with E-state index < -0.39 is 0 Å². The molecule has 0 aliphatic carbocycles. The van der Waals surface area contributed by atoms with Gasteiger partial charge < -0.3 is 15.1 Å². The van der Waals surface area contributed by atoms with E-state index in [9.17, 15) is 9.59 Å². The van der Waals surface area contributed by atoms with Gasteiger partial charge in [-0.05, 0) is 49.3 Å². The minimum absolute atomic E-state index is 0.0141. The van der Waals surface area contributed by atoms with Crippen molar-refractivity contribution in [3.05, 3.63) is 29.8 Å². The summed E-state index contributed by atoms with van der Waals surface area (Å²) in [5.74, 6) is 0.213. The quantitative estimate of drug-likeness (QED) is 0.513. The molecule has 0 spiro atoms. The van der Waals surface area contributed by atoms with Gasteiger partial charge in [-0.1, -0.05) is 12.1 Å². The van der Waals surface area contributed by atoms with Gasteiger partial charge in [0, 0.05) is 45.8 Å². The summed E-state index contributed by atoms with van der Waals surface area (Å²) in [6, 6.07) is 8.14. The predicted octanol–water partition coefficient (Wildman–Crippen LogP) is 2.35. The van der Waals surface area contributed by atoms with Crippen LogP contribution < -0.4 is 15.7 Å². The van der Waals surface area contributed by atoms with Gasteiger partial charge in [0.1, 0.15) is 0 Å². The van der Waals surface area contributed by atoms with Crippen molar-refractivity contribution in [1.82, 2.24) is 15.7 Å². The Hall–Kier alpha value is -2.28. The van der Waals surface area contributed by atoms with E-state index in [0.717, 1.165) is 50.0 Å². The molecule has 1 saturated heterocycles. The van der Waals surface area contributed by atoms with Crippen LogP contribution in [-0.4, -0.2) is 49.2 Å². The van der Waals surface area contributed by atoms with E-state index in [0.29, 0.717) is 18.9 Å². The summed E-state index contributed by atoms with van der Waals surface area (Å²) < 4.78 is 0. The van der Waals surface area contributed by atoms with Crippen LogP contribution in [0.3, 0.4) is 0 Å². The highest BCUT2D eigenvalue weighted by Crippen LogP contribution is 2.22. The summed E-state index contributed by atoms with van der Waals surface area (Å²) >= 11 is 0. The van der Waals surface area contributed by atoms with E-state index in [4.69, 9.17) is 5.21 Å². The highest BCUT2D eigenvalue weighted by atomic mass is 16.5. The number of hydroxylamine groups is 1. The number of piperidine rings is 1. The Labute approximate surface area is 155 Å². The Morgan fingerprint density at radius 3 is 2.42 bits per heavy atom. The number of benzene rings is 1. The molecule has 1 aromatic rings. The van der Waals surface area contributed by atoms with Gasteiger partial charge >= 0.3 is 6.03 Å². The molecular formula is C19H30N4O3. The fourth-order valence-corrected chi connectivity index (χ4v) is 3.23. The van der Waals surface area contributed by atoms with Crippen LogP contribution in [0.5, 0.6) is 0 Å². The molecule has 1 aromatic carbocycles. The lowest BCUT2D eigenvalue weighted by atomic mass is 9.91. The van der Waals surface area contributed by atoms with Crippen molar-refractivity contribution in [2.24, 2.45) is 5.92 Å². The first kappa shape index (κ1) is 20.0. The smallest absolute Gasteiger partial charge is 0.317 e. The number of urea groups is 1. The van der Waals surface area contributed by atoms with Crippen LogP contribution in [0.2, 0.25) is 0 Å². The van der Waals surface area contributed by atoms with Gasteiger partial charge in [-0.15, -0.1) is 0 Å². The number of anilines is 1. The average Bonchev–Trinajstić information content (AvgIpc) is 2.66. The molecular weight excluding hydrogens is 332 g/mol. The Morgan fingerprint density at radius 1 is 1.19 bits per heavy atom. The molecule has 0 saturated carbocycles. The van der Waals surface area contributed by atoms with Crippen molar-refractivity contribution in [2.45, 2.75) is 38.6 Å². The molecule has 2 rings (SSSR count). The molecule has 0 radical (unpaired) electrons. The molecule has 1 aliphatic heterocycles.